The van der Waals surface area contributed by atoms with Crippen LogP contribution >= 0.6 is 0 Å². The summed E-state index contributed by atoms with van der Waals surface area (Å²) in [7, 11) is 1.31. The van der Waals surface area contributed by atoms with Gasteiger partial charge in [-0.3, -0.25) is 4.79 Å². The third kappa shape index (κ3) is 2.76. The predicted octanol–water partition coefficient (Wildman–Crippen LogP) is -0.0982. The van der Waals surface area contributed by atoms with Crippen molar-refractivity contribution in [2.75, 3.05) is 7.11 Å². The number of esters is 1. The standard InChI is InChI=1S/C9H16N4O2/c1-6(2)13-8(11-5-12-13)4-7(10)9(14)15-3/h5-7H,4,10H2,1-3H3. The fraction of sp³-hybridized carbons (Fsp3) is 0.667. The highest BCUT2D eigenvalue weighted by atomic mass is 16.5. The van der Waals surface area contributed by atoms with Gasteiger partial charge in [-0.2, -0.15) is 5.10 Å². The van der Waals surface area contributed by atoms with Crippen molar-refractivity contribution in [3.8, 4) is 0 Å². The number of nitrogens with zero attached hydrogens (tertiary/aromatic N) is 3. The molecule has 6 heteroatoms. The topological polar surface area (TPSA) is 83.0 Å². The van der Waals surface area contributed by atoms with Gasteiger partial charge in [0.15, 0.2) is 0 Å². The van der Waals surface area contributed by atoms with Crippen molar-refractivity contribution in [3.05, 3.63) is 12.2 Å². The van der Waals surface area contributed by atoms with Crippen LogP contribution in [0.3, 0.4) is 0 Å². The molecule has 1 atom stereocenters. The predicted molar refractivity (Wildman–Crippen MR) is 54.1 cm³/mol. The average Bonchev–Trinajstić information content (AvgIpc) is 2.64. The molecule has 0 saturated carbocycles. The molecule has 1 aromatic heterocycles. The number of rotatable bonds is 4. The summed E-state index contributed by atoms with van der Waals surface area (Å²) in [6.07, 6.45) is 1.80. The maximum absolute atomic E-state index is 11.1. The molecular weight excluding hydrogens is 196 g/mol. The van der Waals surface area contributed by atoms with Crippen LogP contribution in [-0.2, 0) is 16.0 Å². The van der Waals surface area contributed by atoms with Crippen molar-refractivity contribution in [1.82, 2.24) is 14.8 Å². The molecule has 0 aliphatic carbocycles. The SMILES string of the molecule is COC(=O)C(N)Cc1ncnn1C(C)C. The second-order valence-corrected chi connectivity index (χ2v) is 3.55. The summed E-state index contributed by atoms with van der Waals surface area (Å²) in [5.41, 5.74) is 5.63. The van der Waals surface area contributed by atoms with Crippen molar-refractivity contribution >= 4 is 5.97 Å². The Morgan fingerprint density at radius 2 is 2.33 bits per heavy atom. The van der Waals surface area contributed by atoms with Crippen LogP contribution in [0.5, 0.6) is 0 Å². The number of methoxy groups -OCH3 is 1. The molecule has 0 aliphatic rings. The smallest absolute Gasteiger partial charge is 0.323 e. The molecular formula is C9H16N4O2. The number of aromatic nitrogens is 3. The Hall–Kier alpha value is -1.43. The summed E-state index contributed by atoms with van der Waals surface area (Å²) in [5, 5.41) is 4.05. The summed E-state index contributed by atoms with van der Waals surface area (Å²) < 4.78 is 6.28. The molecule has 1 aromatic rings. The highest BCUT2D eigenvalue weighted by Crippen LogP contribution is 2.07. The van der Waals surface area contributed by atoms with Crippen molar-refractivity contribution < 1.29 is 9.53 Å². The Morgan fingerprint density at radius 1 is 1.67 bits per heavy atom. The van der Waals surface area contributed by atoms with Gasteiger partial charge in [0.1, 0.15) is 18.2 Å². The van der Waals surface area contributed by atoms with Gasteiger partial charge in [-0.1, -0.05) is 0 Å². The van der Waals surface area contributed by atoms with E-state index in [1.165, 1.54) is 13.4 Å². The fourth-order valence-corrected chi connectivity index (χ4v) is 1.28. The lowest BCUT2D eigenvalue weighted by Crippen LogP contribution is -2.34. The summed E-state index contributed by atoms with van der Waals surface area (Å²) in [5.74, 6) is 0.260. The zero-order valence-electron chi connectivity index (χ0n) is 9.17. The maximum Gasteiger partial charge on any atom is 0.323 e. The Morgan fingerprint density at radius 3 is 2.87 bits per heavy atom. The third-order valence-electron chi connectivity index (χ3n) is 2.04. The Kier molecular flexibility index (Phi) is 3.79. The van der Waals surface area contributed by atoms with Crippen molar-refractivity contribution in [1.29, 1.82) is 0 Å². The fourth-order valence-electron chi connectivity index (χ4n) is 1.28. The van der Waals surface area contributed by atoms with Crippen LogP contribution in [0.4, 0.5) is 0 Å². The van der Waals surface area contributed by atoms with Gasteiger partial charge >= 0.3 is 5.97 Å². The van der Waals surface area contributed by atoms with Crippen molar-refractivity contribution in [3.63, 3.8) is 0 Å². The zero-order chi connectivity index (χ0) is 11.4. The van der Waals surface area contributed by atoms with Crippen LogP contribution in [-0.4, -0.2) is 33.9 Å². The van der Waals surface area contributed by atoms with E-state index in [0.29, 0.717) is 12.2 Å². The first-order valence-electron chi connectivity index (χ1n) is 4.78. The zero-order valence-corrected chi connectivity index (χ0v) is 9.17. The second-order valence-electron chi connectivity index (χ2n) is 3.55. The molecule has 0 radical (unpaired) electrons. The number of hydrogen-bond acceptors (Lipinski definition) is 5. The van der Waals surface area contributed by atoms with Crippen LogP contribution in [0.15, 0.2) is 6.33 Å². The third-order valence-corrected chi connectivity index (χ3v) is 2.04. The van der Waals surface area contributed by atoms with Crippen LogP contribution in [0, 0.1) is 0 Å². The number of carbonyl (C=O) groups is 1. The van der Waals surface area contributed by atoms with E-state index in [1.807, 2.05) is 13.8 Å². The molecule has 0 saturated heterocycles. The van der Waals surface area contributed by atoms with E-state index in [1.54, 1.807) is 4.68 Å². The van der Waals surface area contributed by atoms with E-state index < -0.39 is 12.0 Å². The van der Waals surface area contributed by atoms with Crippen LogP contribution in [0.1, 0.15) is 25.7 Å². The van der Waals surface area contributed by atoms with E-state index in [4.69, 9.17) is 5.73 Å². The molecule has 0 bridgehead atoms. The molecule has 6 nitrogen and oxygen atoms in total. The van der Waals surface area contributed by atoms with Gasteiger partial charge in [0.2, 0.25) is 0 Å². The molecule has 0 amide bonds. The molecule has 0 aromatic carbocycles. The monoisotopic (exact) mass is 212 g/mol. The first kappa shape index (κ1) is 11.6. The molecule has 0 spiro atoms. The van der Waals surface area contributed by atoms with Crippen molar-refractivity contribution in [2.45, 2.75) is 32.4 Å². The van der Waals surface area contributed by atoms with E-state index >= 15 is 0 Å². The number of carbonyl (C=O) groups excluding carboxylic acids is 1. The van der Waals surface area contributed by atoms with Gasteiger partial charge in [0.25, 0.3) is 0 Å². The minimum atomic E-state index is -0.684. The normalized spacial score (nSPS) is 12.9. The van der Waals surface area contributed by atoms with Crippen LogP contribution < -0.4 is 5.73 Å². The largest absolute Gasteiger partial charge is 0.468 e. The van der Waals surface area contributed by atoms with E-state index in [-0.39, 0.29) is 6.04 Å². The molecule has 15 heavy (non-hydrogen) atoms. The molecule has 1 unspecified atom stereocenters. The molecule has 0 aliphatic heterocycles. The van der Waals surface area contributed by atoms with Gasteiger partial charge in [-0.05, 0) is 13.8 Å². The summed E-state index contributed by atoms with van der Waals surface area (Å²) in [6.45, 7) is 3.98. The number of nitrogens with two attached hydrogens (primary N) is 1. The van der Waals surface area contributed by atoms with Crippen LogP contribution in [0.25, 0.3) is 0 Å². The van der Waals surface area contributed by atoms with Crippen LogP contribution in [0.2, 0.25) is 0 Å². The highest BCUT2D eigenvalue weighted by molar-refractivity contribution is 5.75. The Bertz CT molecular complexity index is 335. The first-order chi connectivity index (χ1) is 7.06. The van der Waals surface area contributed by atoms with Gasteiger partial charge in [0.05, 0.1) is 7.11 Å². The number of hydrogen-bond donors (Lipinski definition) is 1. The molecule has 0 fully saturated rings. The van der Waals surface area contributed by atoms with E-state index in [0.717, 1.165) is 0 Å². The Labute approximate surface area is 88.4 Å². The van der Waals surface area contributed by atoms with Gasteiger partial charge in [-0.25, -0.2) is 9.67 Å². The lowest BCUT2D eigenvalue weighted by molar-refractivity contribution is -0.142. The average molecular weight is 212 g/mol. The molecule has 1 rings (SSSR count). The highest BCUT2D eigenvalue weighted by Gasteiger charge is 2.18. The number of ether oxygens (including phenoxy) is 1. The van der Waals surface area contributed by atoms with Gasteiger partial charge < -0.3 is 10.5 Å². The molecule has 84 valence electrons. The first-order valence-corrected chi connectivity index (χ1v) is 4.78. The minimum Gasteiger partial charge on any atom is -0.468 e. The van der Waals surface area contributed by atoms with Crippen molar-refractivity contribution in [2.24, 2.45) is 5.73 Å². The van der Waals surface area contributed by atoms with E-state index in [2.05, 4.69) is 14.8 Å². The quantitative estimate of drug-likeness (QED) is 0.705. The lowest BCUT2D eigenvalue weighted by Gasteiger charge is -2.12. The van der Waals surface area contributed by atoms with Gasteiger partial charge in [0, 0.05) is 12.5 Å². The minimum absolute atomic E-state index is 0.201. The Balaban J connectivity index is 2.72. The summed E-state index contributed by atoms with van der Waals surface area (Å²) >= 11 is 0. The lowest BCUT2D eigenvalue weighted by atomic mass is 10.2. The van der Waals surface area contributed by atoms with E-state index in [9.17, 15) is 4.79 Å². The second kappa shape index (κ2) is 4.88. The summed E-state index contributed by atoms with van der Waals surface area (Å²) in [6, 6.07) is -0.482. The maximum atomic E-state index is 11.1. The van der Waals surface area contributed by atoms with Gasteiger partial charge in [-0.15, -0.1) is 0 Å². The summed E-state index contributed by atoms with van der Waals surface area (Å²) in [4.78, 5) is 15.2. The molecule has 1 heterocycles. The molecule has 2 N–H and O–H groups in total.